The number of nitrogen functional groups attached to an aromatic ring is 1. The second-order valence-electron chi connectivity index (χ2n) is 3.75. The molecule has 0 aliphatic carbocycles. The van der Waals surface area contributed by atoms with E-state index in [2.05, 4.69) is 21.2 Å². The largest absolute Gasteiger partial charge is 0.397 e. The van der Waals surface area contributed by atoms with Crippen molar-refractivity contribution in [1.29, 1.82) is 0 Å². The Morgan fingerprint density at radius 1 is 1.44 bits per heavy atom. The molecule has 18 heavy (non-hydrogen) atoms. The highest BCUT2D eigenvalue weighted by Gasteiger charge is 2.12. The van der Waals surface area contributed by atoms with Crippen LogP contribution in [0, 0.1) is 6.92 Å². The van der Waals surface area contributed by atoms with Crippen molar-refractivity contribution in [3.63, 3.8) is 0 Å². The van der Waals surface area contributed by atoms with Crippen molar-refractivity contribution in [3.8, 4) is 0 Å². The minimum atomic E-state index is -0.178. The number of nitrogens with one attached hydrogen (secondary N) is 1. The summed E-state index contributed by atoms with van der Waals surface area (Å²) in [7, 11) is 0. The van der Waals surface area contributed by atoms with Crippen molar-refractivity contribution in [2.75, 3.05) is 11.1 Å². The van der Waals surface area contributed by atoms with E-state index in [-0.39, 0.29) is 5.91 Å². The van der Waals surface area contributed by atoms with Crippen LogP contribution in [0.15, 0.2) is 28.1 Å². The van der Waals surface area contributed by atoms with Gasteiger partial charge in [0.2, 0.25) is 0 Å². The normalized spacial score (nSPS) is 10.4. The molecule has 0 aliphatic heterocycles. The summed E-state index contributed by atoms with van der Waals surface area (Å²) in [6, 6.07) is 6.80. The van der Waals surface area contributed by atoms with Gasteiger partial charge in [0.15, 0.2) is 0 Å². The Bertz CT molecular complexity index is 593. The lowest BCUT2D eigenvalue weighted by atomic mass is 10.2. The molecule has 2 rings (SSSR count). The van der Waals surface area contributed by atoms with Crippen molar-refractivity contribution in [2.45, 2.75) is 6.92 Å². The van der Waals surface area contributed by atoms with E-state index in [9.17, 15) is 4.79 Å². The number of hydrogen-bond donors (Lipinski definition) is 2. The molecule has 0 saturated heterocycles. The number of thiophene rings is 1. The minimum absolute atomic E-state index is 0.178. The Hall–Kier alpha value is -1.04. The molecule has 94 valence electrons. The lowest BCUT2D eigenvalue weighted by Gasteiger charge is -2.07. The molecular weight excluding hydrogens is 336 g/mol. The van der Waals surface area contributed by atoms with E-state index in [1.807, 2.05) is 13.0 Å². The zero-order valence-corrected chi connectivity index (χ0v) is 12.6. The maximum atomic E-state index is 12.0. The van der Waals surface area contributed by atoms with Crippen LogP contribution >= 0.6 is 38.9 Å². The molecule has 1 amide bonds. The number of anilines is 2. The van der Waals surface area contributed by atoms with Crippen LogP contribution < -0.4 is 11.1 Å². The molecule has 3 nitrogen and oxygen atoms in total. The monoisotopic (exact) mass is 344 g/mol. The second-order valence-corrected chi connectivity index (χ2v) is 6.56. The van der Waals surface area contributed by atoms with E-state index in [4.69, 9.17) is 17.3 Å². The topological polar surface area (TPSA) is 55.1 Å². The summed E-state index contributed by atoms with van der Waals surface area (Å²) in [6.07, 6.45) is 0. The van der Waals surface area contributed by atoms with Gasteiger partial charge in [-0.05, 0) is 52.7 Å². The molecule has 1 aromatic carbocycles. The van der Waals surface area contributed by atoms with Crippen molar-refractivity contribution in [1.82, 2.24) is 0 Å². The smallest absolute Gasteiger partial charge is 0.265 e. The van der Waals surface area contributed by atoms with Crippen LogP contribution in [0.2, 0.25) is 5.02 Å². The molecule has 0 unspecified atom stereocenters. The molecule has 0 aliphatic rings. The van der Waals surface area contributed by atoms with Gasteiger partial charge in [0.25, 0.3) is 5.91 Å². The van der Waals surface area contributed by atoms with Gasteiger partial charge in [0, 0.05) is 5.02 Å². The fourth-order valence-electron chi connectivity index (χ4n) is 1.40. The highest BCUT2D eigenvalue weighted by Crippen LogP contribution is 2.29. The third-order valence-electron chi connectivity index (χ3n) is 2.34. The molecule has 3 N–H and O–H groups in total. The van der Waals surface area contributed by atoms with Crippen molar-refractivity contribution in [2.24, 2.45) is 0 Å². The van der Waals surface area contributed by atoms with Gasteiger partial charge in [-0.25, -0.2) is 0 Å². The van der Waals surface area contributed by atoms with E-state index in [1.165, 1.54) is 11.3 Å². The fourth-order valence-corrected chi connectivity index (χ4v) is 3.01. The van der Waals surface area contributed by atoms with E-state index in [0.717, 1.165) is 9.35 Å². The Morgan fingerprint density at radius 3 is 2.72 bits per heavy atom. The summed E-state index contributed by atoms with van der Waals surface area (Å²) in [5.41, 5.74) is 7.82. The summed E-state index contributed by atoms with van der Waals surface area (Å²) in [4.78, 5) is 12.6. The van der Waals surface area contributed by atoms with Gasteiger partial charge in [-0.3, -0.25) is 4.79 Å². The molecule has 1 heterocycles. The first-order valence-corrected chi connectivity index (χ1v) is 7.08. The van der Waals surface area contributed by atoms with Crippen LogP contribution in [0.25, 0.3) is 0 Å². The molecule has 2 aromatic rings. The van der Waals surface area contributed by atoms with Crippen LogP contribution in [0.1, 0.15) is 15.2 Å². The van der Waals surface area contributed by atoms with Crippen LogP contribution in [-0.2, 0) is 0 Å². The Kier molecular flexibility index (Phi) is 3.94. The molecule has 0 radical (unpaired) electrons. The molecular formula is C12H10BrClN2OS. The predicted molar refractivity (Wildman–Crippen MR) is 80.6 cm³/mol. The highest BCUT2D eigenvalue weighted by atomic mass is 79.9. The van der Waals surface area contributed by atoms with Gasteiger partial charge in [-0.15, -0.1) is 11.3 Å². The first kappa shape index (κ1) is 13.4. The molecule has 0 fully saturated rings. The molecule has 0 spiro atoms. The van der Waals surface area contributed by atoms with E-state index >= 15 is 0 Å². The first-order chi connectivity index (χ1) is 8.47. The number of benzene rings is 1. The summed E-state index contributed by atoms with van der Waals surface area (Å²) in [6.45, 7) is 1.94. The quantitative estimate of drug-likeness (QED) is 0.797. The van der Waals surface area contributed by atoms with E-state index < -0.39 is 0 Å². The Morgan fingerprint density at radius 2 is 2.17 bits per heavy atom. The third kappa shape index (κ3) is 2.85. The fraction of sp³-hybridized carbons (Fsp3) is 0.0833. The lowest BCUT2D eigenvalue weighted by molar-refractivity contribution is 0.103. The number of carbonyl (C=O) groups excluding carboxylic acids is 1. The van der Waals surface area contributed by atoms with E-state index in [1.54, 1.807) is 18.2 Å². The zero-order chi connectivity index (χ0) is 13.3. The van der Waals surface area contributed by atoms with Crippen molar-refractivity contribution < 1.29 is 4.79 Å². The van der Waals surface area contributed by atoms with Crippen molar-refractivity contribution >= 4 is 56.1 Å². The number of halogens is 2. The molecule has 0 bridgehead atoms. The van der Waals surface area contributed by atoms with Gasteiger partial charge in [-0.2, -0.15) is 0 Å². The molecule has 6 heteroatoms. The van der Waals surface area contributed by atoms with Gasteiger partial charge in [0.05, 0.1) is 20.0 Å². The summed E-state index contributed by atoms with van der Waals surface area (Å²) in [5.74, 6) is -0.178. The number of amides is 1. The number of carbonyl (C=O) groups is 1. The third-order valence-corrected chi connectivity index (χ3v) is 4.71. The Labute approximate surface area is 122 Å². The second kappa shape index (κ2) is 5.30. The van der Waals surface area contributed by atoms with E-state index in [0.29, 0.717) is 21.3 Å². The average Bonchev–Trinajstić information content (AvgIpc) is 2.63. The predicted octanol–water partition coefficient (Wildman–Crippen LogP) is 4.31. The van der Waals surface area contributed by atoms with Crippen molar-refractivity contribution in [3.05, 3.63) is 43.5 Å². The SMILES string of the molecule is Cc1cc(C(=O)Nc2ccc(Cl)cc2N)sc1Br. The van der Waals surface area contributed by atoms with Crippen LogP contribution in [0.4, 0.5) is 11.4 Å². The summed E-state index contributed by atoms with van der Waals surface area (Å²) in [5, 5.41) is 3.30. The summed E-state index contributed by atoms with van der Waals surface area (Å²) >= 11 is 10.6. The zero-order valence-electron chi connectivity index (χ0n) is 9.46. The number of rotatable bonds is 2. The molecule has 0 saturated carbocycles. The summed E-state index contributed by atoms with van der Waals surface area (Å²) < 4.78 is 0.955. The Balaban J connectivity index is 2.21. The lowest BCUT2D eigenvalue weighted by Crippen LogP contribution is -2.11. The standard InChI is InChI=1S/C12H10BrClN2OS/c1-6-4-10(18-11(6)13)12(17)16-9-3-2-7(14)5-8(9)15/h2-5H,15H2,1H3,(H,16,17). The van der Waals surface area contributed by atoms with Gasteiger partial charge < -0.3 is 11.1 Å². The van der Waals surface area contributed by atoms with Crippen LogP contribution in [-0.4, -0.2) is 5.91 Å². The van der Waals surface area contributed by atoms with Crippen LogP contribution in [0.3, 0.4) is 0 Å². The number of nitrogens with two attached hydrogens (primary N) is 1. The number of hydrogen-bond acceptors (Lipinski definition) is 3. The maximum Gasteiger partial charge on any atom is 0.265 e. The average molecular weight is 346 g/mol. The minimum Gasteiger partial charge on any atom is -0.397 e. The van der Waals surface area contributed by atoms with Gasteiger partial charge >= 0.3 is 0 Å². The molecule has 0 atom stereocenters. The van der Waals surface area contributed by atoms with Gasteiger partial charge in [-0.1, -0.05) is 11.6 Å². The maximum absolute atomic E-state index is 12.0. The van der Waals surface area contributed by atoms with Crippen LogP contribution in [0.5, 0.6) is 0 Å². The first-order valence-electron chi connectivity index (χ1n) is 5.09. The molecule has 1 aromatic heterocycles. The van der Waals surface area contributed by atoms with Gasteiger partial charge in [0.1, 0.15) is 0 Å². The highest BCUT2D eigenvalue weighted by molar-refractivity contribution is 9.11. The number of aryl methyl sites for hydroxylation is 1.